The molecule has 0 aliphatic heterocycles. The quantitative estimate of drug-likeness (QED) is 0.772. The van der Waals surface area contributed by atoms with Gasteiger partial charge in [0.15, 0.2) is 10.8 Å². The van der Waals surface area contributed by atoms with Gasteiger partial charge in [0, 0.05) is 23.7 Å². The lowest BCUT2D eigenvalue weighted by molar-refractivity contribution is -0.0667. The number of hydrogen-bond acceptors (Lipinski definition) is 4. The summed E-state index contributed by atoms with van der Waals surface area (Å²) in [5.74, 6) is -3.00. The van der Waals surface area contributed by atoms with Gasteiger partial charge in [-0.25, -0.2) is 22.9 Å². The second-order valence-electron chi connectivity index (χ2n) is 6.05. The van der Waals surface area contributed by atoms with Gasteiger partial charge in [0.1, 0.15) is 5.82 Å². The fourth-order valence-corrected chi connectivity index (χ4v) is 4.14. The van der Waals surface area contributed by atoms with E-state index in [2.05, 4.69) is 15.1 Å². The van der Waals surface area contributed by atoms with Crippen molar-refractivity contribution in [2.45, 2.75) is 36.1 Å². The van der Waals surface area contributed by atoms with Crippen LogP contribution < -0.4 is 5.69 Å². The van der Waals surface area contributed by atoms with E-state index in [1.807, 2.05) is 0 Å². The number of alkyl halides is 2. The van der Waals surface area contributed by atoms with Crippen LogP contribution in [0.15, 0.2) is 34.2 Å². The van der Waals surface area contributed by atoms with Crippen molar-refractivity contribution in [1.29, 1.82) is 0 Å². The van der Waals surface area contributed by atoms with E-state index in [0.29, 0.717) is 22.5 Å². The zero-order chi connectivity index (χ0) is 17.8. The SMILES string of the molecule is Cc1nn2c(=O)[nH]c(SC3CC(F)(F)C3)nc2c1-c1ccc(F)cc1. The molecular weight excluding hydrogens is 353 g/mol. The van der Waals surface area contributed by atoms with Crippen LogP contribution in [0.4, 0.5) is 13.2 Å². The highest BCUT2D eigenvalue weighted by Gasteiger charge is 2.46. The highest BCUT2D eigenvalue weighted by Crippen LogP contribution is 2.45. The minimum Gasteiger partial charge on any atom is -0.285 e. The van der Waals surface area contributed by atoms with Crippen molar-refractivity contribution in [3.05, 3.63) is 46.3 Å². The first-order valence-corrected chi connectivity index (χ1v) is 8.50. The Morgan fingerprint density at radius 3 is 2.60 bits per heavy atom. The lowest BCUT2D eigenvalue weighted by Crippen LogP contribution is -2.37. The summed E-state index contributed by atoms with van der Waals surface area (Å²) < 4.78 is 40.3. The van der Waals surface area contributed by atoms with Crippen molar-refractivity contribution < 1.29 is 13.2 Å². The van der Waals surface area contributed by atoms with E-state index in [0.717, 1.165) is 16.3 Å². The monoisotopic (exact) mass is 366 g/mol. The average Bonchev–Trinajstić information content (AvgIpc) is 2.83. The van der Waals surface area contributed by atoms with Gasteiger partial charge in [-0.2, -0.15) is 9.61 Å². The first-order valence-electron chi connectivity index (χ1n) is 7.62. The molecule has 1 saturated carbocycles. The fourth-order valence-electron chi connectivity index (χ4n) is 2.89. The fraction of sp³-hybridized carbons (Fsp3) is 0.312. The zero-order valence-electron chi connectivity index (χ0n) is 13.1. The van der Waals surface area contributed by atoms with Gasteiger partial charge in [0.2, 0.25) is 5.92 Å². The Kier molecular flexibility index (Phi) is 3.64. The third kappa shape index (κ3) is 2.92. The van der Waals surface area contributed by atoms with Crippen molar-refractivity contribution in [2.24, 2.45) is 0 Å². The highest BCUT2D eigenvalue weighted by molar-refractivity contribution is 7.99. The summed E-state index contributed by atoms with van der Waals surface area (Å²) >= 11 is 1.13. The second kappa shape index (κ2) is 5.62. The number of nitrogens with one attached hydrogen (secondary N) is 1. The Bertz CT molecular complexity index is 1000. The maximum Gasteiger partial charge on any atom is 0.350 e. The molecule has 0 bridgehead atoms. The minimum absolute atomic E-state index is 0.227. The summed E-state index contributed by atoms with van der Waals surface area (Å²) in [4.78, 5) is 19.2. The molecule has 0 atom stereocenters. The molecule has 25 heavy (non-hydrogen) atoms. The summed E-state index contributed by atoms with van der Waals surface area (Å²) in [5.41, 5.74) is 1.70. The van der Waals surface area contributed by atoms with Crippen molar-refractivity contribution in [3.63, 3.8) is 0 Å². The van der Waals surface area contributed by atoms with E-state index in [-0.39, 0.29) is 29.1 Å². The number of fused-ring (bicyclic) bond motifs is 1. The van der Waals surface area contributed by atoms with Crippen LogP contribution in [0.25, 0.3) is 16.8 Å². The molecule has 1 aliphatic rings. The summed E-state index contributed by atoms with van der Waals surface area (Å²) in [6, 6.07) is 5.80. The Balaban J connectivity index is 1.77. The molecule has 9 heteroatoms. The van der Waals surface area contributed by atoms with Crippen LogP contribution in [0.5, 0.6) is 0 Å². The lowest BCUT2D eigenvalue weighted by Gasteiger charge is -2.33. The van der Waals surface area contributed by atoms with E-state index >= 15 is 0 Å². The van der Waals surface area contributed by atoms with Gasteiger partial charge in [0.05, 0.1) is 5.69 Å². The van der Waals surface area contributed by atoms with Gasteiger partial charge in [-0.1, -0.05) is 23.9 Å². The van der Waals surface area contributed by atoms with Crippen molar-refractivity contribution in [3.8, 4) is 11.1 Å². The predicted octanol–water partition coefficient (Wildman–Crippen LogP) is 3.42. The number of rotatable bonds is 3. The Morgan fingerprint density at radius 2 is 1.96 bits per heavy atom. The molecule has 2 heterocycles. The third-order valence-corrected chi connectivity index (χ3v) is 5.20. The summed E-state index contributed by atoms with van der Waals surface area (Å²) in [7, 11) is 0. The molecule has 0 spiro atoms. The first kappa shape index (κ1) is 16.2. The van der Waals surface area contributed by atoms with E-state index in [9.17, 15) is 18.0 Å². The van der Waals surface area contributed by atoms with Gasteiger partial charge in [-0.15, -0.1) is 0 Å². The third-order valence-electron chi connectivity index (χ3n) is 4.11. The summed E-state index contributed by atoms with van der Waals surface area (Å²) in [6.45, 7) is 1.73. The van der Waals surface area contributed by atoms with Crippen LogP contribution >= 0.6 is 11.8 Å². The normalized spacial score (nSPS) is 17.0. The highest BCUT2D eigenvalue weighted by atomic mass is 32.2. The molecule has 130 valence electrons. The Morgan fingerprint density at radius 1 is 1.28 bits per heavy atom. The average molecular weight is 366 g/mol. The summed E-state index contributed by atoms with van der Waals surface area (Å²) in [5, 5.41) is 4.18. The molecule has 1 fully saturated rings. The van der Waals surface area contributed by atoms with E-state index in [1.54, 1.807) is 19.1 Å². The first-order chi connectivity index (χ1) is 11.8. The van der Waals surface area contributed by atoms with Gasteiger partial charge in [-0.3, -0.25) is 4.98 Å². The molecule has 1 aromatic carbocycles. The smallest absolute Gasteiger partial charge is 0.285 e. The van der Waals surface area contributed by atoms with Gasteiger partial charge >= 0.3 is 5.69 Å². The van der Waals surface area contributed by atoms with Crippen LogP contribution in [-0.4, -0.2) is 30.8 Å². The number of thioether (sulfide) groups is 1. The maximum absolute atomic E-state index is 13.2. The molecule has 3 aromatic rings. The molecule has 0 saturated heterocycles. The van der Waals surface area contributed by atoms with Gasteiger partial charge < -0.3 is 0 Å². The topological polar surface area (TPSA) is 63.1 Å². The molecule has 1 N–H and O–H groups in total. The second-order valence-corrected chi connectivity index (χ2v) is 7.34. The molecule has 5 nitrogen and oxygen atoms in total. The number of H-pyrrole nitrogens is 1. The summed E-state index contributed by atoms with van der Waals surface area (Å²) in [6.07, 6.45) is -0.453. The van der Waals surface area contributed by atoms with E-state index in [1.165, 1.54) is 12.1 Å². The molecule has 0 amide bonds. The van der Waals surface area contributed by atoms with Gasteiger partial charge in [-0.05, 0) is 24.6 Å². The van der Waals surface area contributed by atoms with Crippen molar-refractivity contribution in [2.75, 3.05) is 0 Å². The van der Waals surface area contributed by atoms with E-state index < -0.39 is 11.6 Å². The number of hydrogen-bond donors (Lipinski definition) is 1. The number of aromatic nitrogens is 4. The van der Waals surface area contributed by atoms with Crippen LogP contribution in [0, 0.1) is 12.7 Å². The largest absolute Gasteiger partial charge is 0.350 e. The van der Waals surface area contributed by atoms with Crippen LogP contribution in [-0.2, 0) is 0 Å². The Labute approximate surface area is 144 Å². The Hall–Kier alpha value is -2.29. The van der Waals surface area contributed by atoms with Crippen LogP contribution in [0.3, 0.4) is 0 Å². The standard InChI is InChI=1S/C16H13F3N4OS/c1-8-12(9-2-4-10(17)5-3-9)13-20-14(21-15(24)23(13)22-8)25-11-6-16(18,19)7-11/h2-5,11H,6-7H2,1H3,(H,20,21,24). The number of halogens is 3. The number of nitrogens with zero attached hydrogens (tertiary/aromatic N) is 3. The van der Waals surface area contributed by atoms with Gasteiger partial charge in [0.25, 0.3) is 0 Å². The molecule has 2 aromatic heterocycles. The van der Waals surface area contributed by atoms with Crippen molar-refractivity contribution in [1.82, 2.24) is 19.6 Å². The molecule has 1 aliphatic carbocycles. The molecular formula is C16H13F3N4OS. The minimum atomic E-state index is -2.63. The molecule has 4 rings (SSSR count). The van der Waals surface area contributed by atoms with Crippen LogP contribution in [0.2, 0.25) is 0 Å². The van der Waals surface area contributed by atoms with Crippen LogP contribution in [0.1, 0.15) is 18.5 Å². The molecule has 0 unspecified atom stereocenters. The maximum atomic E-state index is 13.2. The number of aromatic amines is 1. The number of aryl methyl sites for hydroxylation is 1. The zero-order valence-corrected chi connectivity index (χ0v) is 13.9. The van der Waals surface area contributed by atoms with E-state index in [4.69, 9.17) is 0 Å². The number of benzene rings is 1. The predicted molar refractivity (Wildman–Crippen MR) is 87.6 cm³/mol. The molecule has 0 radical (unpaired) electrons. The lowest BCUT2D eigenvalue weighted by atomic mass is 9.94. The van der Waals surface area contributed by atoms with Crippen molar-refractivity contribution >= 4 is 17.4 Å².